The van der Waals surface area contributed by atoms with Crippen LogP contribution in [0.1, 0.15) is 31.8 Å². The maximum absolute atomic E-state index is 12.8. The Labute approximate surface area is 161 Å². The molecular weight excluding hydrogens is 354 g/mol. The van der Waals surface area contributed by atoms with E-state index in [4.69, 9.17) is 0 Å². The molecule has 0 bridgehead atoms. The molecule has 0 atom stereocenters. The summed E-state index contributed by atoms with van der Waals surface area (Å²) in [4.78, 5) is 25.3. The third-order valence-electron chi connectivity index (χ3n) is 4.71. The number of fused-ring (bicyclic) bond motifs is 1. The summed E-state index contributed by atoms with van der Waals surface area (Å²) in [6.45, 7) is 0. The van der Waals surface area contributed by atoms with E-state index in [9.17, 15) is 19.8 Å². The molecule has 3 N–H and O–H groups in total. The molecule has 0 aliphatic heterocycles. The Morgan fingerprint density at radius 3 is 2.50 bits per heavy atom. The van der Waals surface area contributed by atoms with Crippen LogP contribution in [0.15, 0.2) is 72.3 Å². The molecule has 5 heteroatoms. The van der Waals surface area contributed by atoms with Crippen LogP contribution in [0.2, 0.25) is 0 Å². The van der Waals surface area contributed by atoms with Crippen molar-refractivity contribution >= 4 is 23.5 Å². The quantitative estimate of drug-likeness (QED) is 0.603. The predicted octanol–water partition coefficient (Wildman–Crippen LogP) is 4.17. The van der Waals surface area contributed by atoms with Gasteiger partial charge in [-0.3, -0.25) is 9.59 Å². The number of carbonyl (C=O) groups excluding carboxylic acids is 2. The third-order valence-corrected chi connectivity index (χ3v) is 4.71. The number of anilines is 1. The van der Waals surface area contributed by atoms with Crippen LogP contribution in [-0.2, 0) is 6.42 Å². The molecule has 28 heavy (non-hydrogen) atoms. The van der Waals surface area contributed by atoms with Crippen LogP contribution in [0, 0.1) is 0 Å². The molecule has 1 aliphatic carbocycles. The Kier molecular flexibility index (Phi) is 4.41. The summed E-state index contributed by atoms with van der Waals surface area (Å²) >= 11 is 0. The molecule has 4 rings (SSSR count). The van der Waals surface area contributed by atoms with Gasteiger partial charge in [0.2, 0.25) is 0 Å². The lowest BCUT2D eigenvalue weighted by atomic mass is 10.1. The maximum Gasteiger partial charge on any atom is 0.255 e. The number of phenols is 2. The summed E-state index contributed by atoms with van der Waals surface area (Å²) in [5, 5.41) is 22.3. The van der Waals surface area contributed by atoms with Gasteiger partial charge in [0.25, 0.3) is 5.91 Å². The van der Waals surface area contributed by atoms with E-state index in [1.165, 1.54) is 12.1 Å². The minimum Gasteiger partial charge on any atom is -0.508 e. The predicted molar refractivity (Wildman–Crippen MR) is 107 cm³/mol. The van der Waals surface area contributed by atoms with Crippen molar-refractivity contribution < 1.29 is 19.8 Å². The third kappa shape index (κ3) is 3.25. The molecule has 3 aromatic rings. The summed E-state index contributed by atoms with van der Waals surface area (Å²) in [5.74, 6) is -0.534. The number of Topliss-reactive ketones (excluding diaryl/α,β-unsaturated/α-hetero) is 1. The highest BCUT2D eigenvalue weighted by molar-refractivity contribution is 6.17. The Morgan fingerprint density at radius 1 is 0.964 bits per heavy atom. The molecule has 0 fully saturated rings. The Balaban J connectivity index is 1.65. The average molecular weight is 371 g/mol. The van der Waals surface area contributed by atoms with Crippen molar-refractivity contribution in [3.8, 4) is 11.5 Å². The molecule has 0 unspecified atom stereocenters. The van der Waals surface area contributed by atoms with Gasteiger partial charge in [0, 0.05) is 40.4 Å². The number of amides is 1. The van der Waals surface area contributed by atoms with E-state index in [0.29, 0.717) is 34.4 Å². The number of phenolic OH excluding ortho intramolecular Hbond substituents is 2. The van der Waals surface area contributed by atoms with Crippen molar-refractivity contribution in [2.45, 2.75) is 6.42 Å². The van der Waals surface area contributed by atoms with Gasteiger partial charge >= 0.3 is 0 Å². The van der Waals surface area contributed by atoms with Crippen molar-refractivity contribution in [2.75, 3.05) is 5.32 Å². The van der Waals surface area contributed by atoms with Crippen molar-refractivity contribution in [3.63, 3.8) is 0 Å². The first kappa shape index (κ1) is 17.5. The summed E-state index contributed by atoms with van der Waals surface area (Å²) in [6, 6.07) is 18.3. The van der Waals surface area contributed by atoms with Crippen molar-refractivity contribution in [1.29, 1.82) is 0 Å². The monoisotopic (exact) mass is 371 g/mol. The molecule has 138 valence electrons. The molecule has 3 aromatic carbocycles. The largest absolute Gasteiger partial charge is 0.508 e. The second-order valence-electron chi connectivity index (χ2n) is 6.57. The van der Waals surface area contributed by atoms with Crippen LogP contribution in [0.5, 0.6) is 11.5 Å². The fourth-order valence-corrected chi connectivity index (χ4v) is 3.29. The molecule has 1 aliphatic rings. The minimum absolute atomic E-state index is 0.0494. The van der Waals surface area contributed by atoms with Gasteiger partial charge in [-0.15, -0.1) is 0 Å². The lowest BCUT2D eigenvalue weighted by Gasteiger charge is -2.09. The van der Waals surface area contributed by atoms with Crippen molar-refractivity contribution in [3.05, 3.63) is 94.6 Å². The SMILES string of the molecule is O=C(Nc1cccc2c1C/C(=C\c1ccc(O)cc1O)C2=O)c1ccccc1. The summed E-state index contributed by atoms with van der Waals surface area (Å²) in [7, 11) is 0. The highest BCUT2D eigenvalue weighted by Gasteiger charge is 2.27. The van der Waals surface area contributed by atoms with Gasteiger partial charge in [-0.25, -0.2) is 0 Å². The fourth-order valence-electron chi connectivity index (χ4n) is 3.29. The number of hydrogen-bond acceptors (Lipinski definition) is 4. The minimum atomic E-state index is -0.241. The first-order chi connectivity index (χ1) is 13.5. The highest BCUT2D eigenvalue weighted by atomic mass is 16.3. The van der Waals surface area contributed by atoms with Crippen LogP contribution in [0.4, 0.5) is 5.69 Å². The van der Waals surface area contributed by atoms with E-state index in [-0.39, 0.29) is 23.2 Å². The van der Waals surface area contributed by atoms with Gasteiger partial charge in [-0.05, 0) is 42.0 Å². The number of carbonyl (C=O) groups is 2. The molecule has 0 radical (unpaired) electrons. The summed E-state index contributed by atoms with van der Waals surface area (Å²) in [6.07, 6.45) is 1.96. The van der Waals surface area contributed by atoms with Crippen molar-refractivity contribution in [2.24, 2.45) is 0 Å². The summed E-state index contributed by atoms with van der Waals surface area (Å²) < 4.78 is 0. The number of benzene rings is 3. The van der Waals surface area contributed by atoms with Gasteiger partial charge in [0.1, 0.15) is 11.5 Å². The van der Waals surface area contributed by atoms with Crippen LogP contribution in [0.25, 0.3) is 6.08 Å². The number of nitrogens with one attached hydrogen (secondary N) is 1. The van der Waals surface area contributed by atoms with E-state index in [1.807, 2.05) is 6.07 Å². The smallest absolute Gasteiger partial charge is 0.255 e. The lowest BCUT2D eigenvalue weighted by Crippen LogP contribution is -2.13. The zero-order valence-corrected chi connectivity index (χ0v) is 14.8. The normalized spacial score (nSPS) is 14.1. The first-order valence-corrected chi connectivity index (χ1v) is 8.78. The molecule has 0 heterocycles. The van der Waals surface area contributed by atoms with Gasteiger partial charge in [-0.1, -0.05) is 30.3 Å². The van der Waals surface area contributed by atoms with Gasteiger partial charge < -0.3 is 15.5 Å². The Morgan fingerprint density at radius 2 is 1.75 bits per heavy atom. The van der Waals surface area contributed by atoms with Crippen LogP contribution < -0.4 is 5.32 Å². The lowest BCUT2D eigenvalue weighted by molar-refractivity contribution is 0.102. The van der Waals surface area contributed by atoms with Gasteiger partial charge in [0.05, 0.1) is 0 Å². The molecular formula is C23H17NO4. The number of aromatic hydroxyl groups is 2. The number of allylic oxidation sites excluding steroid dienone is 1. The van der Waals surface area contributed by atoms with Crippen molar-refractivity contribution in [1.82, 2.24) is 0 Å². The van der Waals surface area contributed by atoms with E-state index in [0.717, 1.165) is 5.56 Å². The van der Waals surface area contributed by atoms with Gasteiger partial charge in [0.15, 0.2) is 5.78 Å². The Hall–Kier alpha value is -3.86. The second kappa shape index (κ2) is 7.04. The highest BCUT2D eigenvalue weighted by Crippen LogP contribution is 2.34. The second-order valence-corrected chi connectivity index (χ2v) is 6.57. The number of rotatable bonds is 3. The van der Waals surface area contributed by atoms with Crippen LogP contribution in [-0.4, -0.2) is 21.9 Å². The van der Waals surface area contributed by atoms with Gasteiger partial charge in [-0.2, -0.15) is 0 Å². The zero-order valence-electron chi connectivity index (χ0n) is 14.8. The number of hydrogen-bond donors (Lipinski definition) is 3. The van der Waals surface area contributed by atoms with Crippen LogP contribution >= 0.6 is 0 Å². The standard InChI is InChI=1S/C23H17NO4/c25-17-10-9-15(21(26)13-17)11-16-12-19-18(22(16)27)7-4-8-20(19)24-23(28)14-5-2-1-3-6-14/h1-11,13,25-26H,12H2,(H,24,28)/b16-11+. The number of ketones is 1. The van der Waals surface area contributed by atoms with E-state index in [1.54, 1.807) is 54.6 Å². The maximum atomic E-state index is 12.8. The average Bonchev–Trinajstić information content (AvgIpc) is 3.01. The molecule has 0 saturated carbocycles. The van der Waals surface area contributed by atoms with E-state index >= 15 is 0 Å². The molecule has 0 aromatic heterocycles. The Bertz CT molecular complexity index is 1120. The topological polar surface area (TPSA) is 86.6 Å². The van der Waals surface area contributed by atoms with E-state index < -0.39 is 0 Å². The fraction of sp³-hybridized carbons (Fsp3) is 0.0435. The molecule has 1 amide bonds. The molecule has 0 spiro atoms. The van der Waals surface area contributed by atoms with E-state index in [2.05, 4.69) is 5.32 Å². The van der Waals surface area contributed by atoms with Crippen LogP contribution in [0.3, 0.4) is 0 Å². The molecule has 5 nitrogen and oxygen atoms in total. The molecule has 0 saturated heterocycles. The summed E-state index contributed by atoms with van der Waals surface area (Å²) in [5.41, 5.74) is 3.38. The zero-order chi connectivity index (χ0) is 19.7. The first-order valence-electron chi connectivity index (χ1n) is 8.78.